The van der Waals surface area contributed by atoms with Crippen LogP contribution in [0.15, 0.2) is 48.0 Å². The van der Waals surface area contributed by atoms with Gasteiger partial charge < -0.3 is 14.2 Å². The van der Waals surface area contributed by atoms with E-state index in [0.29, 0.717) is 13.2 Å². The number of hydrogen-bond acceptors (Lipinski definition) is 5. The summed E-state index contributed by atoms with van der Waals surface area (Å²) in [6.07, 6.45) is 12.5. The summed E-state index contributed by atoms with van der Waals surface area (Å²) in [5.74, 6) is 0. The molecule has 7 nitrogen and oxygen atoms in total. The lowest BCUT2D eigenvalue weighted by Crippen LogP contribution is -2.35. The third-order valence-corrected chi connectivity index (χ3v) is 2.83. The van der Waals surface area contributed by atoms with Gasteiger partial charge in [-0.1, -0.05) is 18.0 Å². The van der Waals surface area contributed by atoms with Crippen molar-refractivity contribution in [3.05, 3.63) is 48.7 Å². The van der Waals surface area contributed by atoms with Crippen LogP contribution < -0.4 is 9.98 Å². The van der Waals surface area contributed by atoms with Gasteiger partial charge in [0.2, 0.25) is 0 Å². The van der Waals surface area contributed by atoms with Gasteiger partial charge in [0.15, 0.2) is 38.6 Å². The number of aromatic nitrogens is 2. The molecular weight excluding hydrogens is 308 g/mol. The molecule has 0 bridgehead atoms. The largest absolute Gasteiger partial charge is 0.457 e. The van der Waals surface area contributed by atoms with Crippen LogP contribution in [0.1, 0.15) is 25.5 Å². The highest BCUT2D eigenvalue weighted by Gasteiger charge is 2.02. The van der Waals surface area contributed by atoms with Crippen molar-refractivity contribution < 1.29 is 24.2 Å². The van der Waals surface area contributed by atoms with Crippen molar-refractivity contribution in [3.63, 3.8) is 0 Å². The SMILES string of the molecule is C=CC/C(=C/C=[NH2+])N=COCOCOC[n+]1ccc(CCC)nc1. The van der Waals surface area contributed by atoms with E-state index in [1.165, 1.54) is 12.6 Å². The van der Waals surface area contributed by atoms with Crippen molar-refractivity contribution in [1.29, 1.82) is 0 Å². The zero-order valence-electron chi connectivity index (χ0n) is 14.1. The molecule has 0 aliphatic carbocycles. The van der Waals surface area contributed by atoms with Gasteiger partial charge in [0.05, 0.1) is 11.9 Å². The van der Waals surface area contributed by atoms with Gasteiger partial charge in [-0.3, -0.25) is 5.41 Å². The van der Waals surface area contributed by atoms with Crippen molar-refractivity contribution in [2.24, 2.45) is 4.99 Å². The number of nitrogens with two attached hydrogens (primary N) is 1. The van der Waals surface area contributed by atoms with Gasteiger partial charge >= 0.3 is 0 Å². The van der Waals surface area contributed by atoms with Crippen molar-refractivity contribution in [2.75, 3.05) is 13.6 Å². The van der Waals surface area contributed by atoms with Gasteiger partial charge in [-0.25, -0.2) is 9.56 Å². The van der Waals surface area contributed by atoms with E-state index in [-0.39, 0.29) is 13.6 Å². The van der Waals surface area contributed by atoms with E-state index in [0.717, 1.165) is 24.2 Å². The molecule has 7 heteroatoms. The number of nitrogens with zero attached hydrogens (tertiary/aromatic N) is 3. The normalized spacial score (nSPS) is 11.6. The van der Waals surface area contributed by atoms with E-state index in [9.17, 15) is 0 Å². The molecule has 1 rings (SSSR count). The van der Waals surface area contributed by atoms with Crippen LogP contribution in [0.3, 0.4) is 0 Å². The maximum atomic E-state index is 5.35. The quantitative estimate of drug-likeness (QED) is 0.143. The van der Waals surface area contributed by atoms with Gasteiger partial charge in [-0.05, 0) is 6.42 Å². The molecule has 0 fully saturated rings. The lowest BCUT2D eigenvalue weighted by Gasteiger charge is -2.04. The first-order chi connectivity index (χ1) is 11.8. The Kier molecular flexibility index (Phi) is 10.7. The van der Waals surface area contributed by atoms with Crippen molar-refractivity contribution in [3.8, 4) is 0 Å². The molecule has 0 unspecified atom stereocenters. The van der Waals surface area contributed by atoms with E-state index < -0.39 is 0 Å². The summed E-state index contributed by atoms with van der Waals surface area (Å²) in [4.78, 5) is 8.42. The number of rotatable bonds is 13. The second kappa shape index (κ2) is 13.1. The molecule has 0 aliphatic heterocycles. The first-order valence-electron chi connectivity index (χ1n) is 7.78. The first-order valence-corrected chi connectivity index (χ1v) is 7.78. The van der Waals surface area contributed by atoms with Crippen LogP contribution in [0, 0.1) is 0 Å². The topological polar surface area (TPSA) is 82.4 Å². The lowest BCUT2D eigenvalue weighted by molar-refractivity contribution is -0.737. The van der Waals surface area contributed by atoms with E-state index in [2.05, 4.69) is 23.5 Å². The number of aliphatic imine (C=N–C) groups is 1. The fraction of sp³-hybridized carbons (Fsp3) is 0.412. The summed E-state index contributed by atoms with van der Waals surface area (Å²) < 4.78 is 17.5. The second-order valence-corrected chi connectivity index (χ2v) is 4.83. The molecule has 24 heavy (non-hydrogen) atoms. The molecule has 0 aromatic carbocycles. The van der Waals surface area contributed by atoms with E-state index in [4.69, 9.17) is 19.6 Å². The van der Waals surface area contributed by atoms with E-state index >= 15 is 0 Å². The van der Waals surface area contributed by atoms with Gasteiger partial charge in [0.25, 0.3) is 6.33 Å². The zero-order valence-corrected chi connectivity index (χ0v) is 14.1. The second-order valence-electron chi connectivity index (χ2n) is 4.83. The van der Waals surface area contributed by atoms with Gasteiger partial charge in [-0.2, -0.15) is 0 Å². The summed E-state index contributed by atoms with van der Waals surface area (Å²) in [6, 6.07) is 1.99. The zero-order chi connectivity index (χ0) is 17.5. The fourth-order valence-electron chi connectivity index (χ4n) is 1.73. The van der Waals surface area contributed by atoms with Gasteiger partial charge in [-0.15, -0.1) is 6.58 Å². The fourth-order valence-corrected chi connectivity index (χ4v) is 1.73. The highest BCUT2D eigenvalue weighted by Crippen LogP contribution is 2.01. The Hall–Kier alpha value is -2.38. The molecule has 1 aromatic heterocycles. The Bertz CT molecular complexity index is 541. The predicted octanol–water partition coefficient (Wildman–Crippen LogP) is 0.562. The third kappa shape index (κ3) is 8.92. The summed E-state index contributed by atoms with van der Waals surface area (Å²) >= 11 is 0. The molecule has 1 aromatic rings. The maximum absolute atomic E-state index is 5.35. The molecule has 0 aliphatic rings. The summed E-state index contributed by atoms with van der Waals surface area (Å²) in [5, 5.41) is 5.32. The minimum atomic E-state index is 0.0512. The molecule has 0 amide bonds. The predicted molar refractivity (Wildman–Crippen MR) is 90.8 cm³/mol. The van der Waals surface area contributed by atoms with Crippen LogP contribution in [-0.2, 0) is 27.4 Å². The van der Waals surface area contributed by atoms with Crippen LogP contribution in [-0.4, -0.2) is 31.2 Å². The van der Waals surface area contributed by atoms with Crippen LogP contribution in [0.4, 0.5) is 0 Å². The van der Waals surface area contributed by atoms with Crippen molar-refractivity contribution >= 4 is 12.6 Å². The van der Waals surface area contributed by atoms with Crippen molar-refractivity contribution in [2.45, 2.75) is 32.9 Å². The smallest absolute Gasteiger partial charge is 0.288 e. The van der Waals surface area contributed by atoms with Crippen molar-refractivity contribution in [1.82, 2.24) is 4.98 Å². The molecule has 0 saturated heterocycles. The van der Waals surface area contributed by atoms with Crippen LogP contribution in [0.5, 0.6) is 0 Å². The Morgan fingerprint density at radius 1 is 1.42 bits per heavy atom. The van der Waals surface area contributed by atoms with E-state index in [1.54, 1.807) is 18.5 Å². The summed E-state index contributed by atoms with van der Waals surface area (Å²) in [7, 11) is 0. The number of allylic oxidation sites excluding steroid dienone is 2. The molecule has 0 saturated carbocycles. The van der Waals surface area contributed by atoms with Gasteiger partial charge in [0.1, 0.15) is 0 Å². The number of ether oxygens (including phenoxy) is 3. The van der Waals surface area contributed by atoms with Crippen LogP contribution >= 0.6 is 0 Å². The van der Waals surface area contributed by atoms with E-state index in [1.807, 2.05) is 16.8 Å². The minimum Gasteiger partial charge on any atom is -0.457 e. The molecular formula is C17H26N4O3+2. The third-order valence-electron chi connectivity index (χ3n) is 2.83. The average molecular weight is 334 g/mol. The van der Waals surface area contributed by atoms with Crippen LogP contribution in [0.2, 0.25) is 0 Å². The average Bonchev–Trinajstić information content (AvgIpc) is 2.59. The van der Waals surface area contributed by atoms with Gasteiger partial charge in [0, 0.05) is 25.0 Å². The molecule has 0 atom stereocenters. The Balaban J connectivity index is 2.12. The minimum absolute atomic E-state index is 0.0512. The molecule has 0 spiro atoms. The Morgan fingerprint density at radius 3 is 2.96 bits per heavy atom. The first kappa shape index (κ1) is 19.7. The monoisotopic (exact) mass is 334 g/mol. The Morgan fingerprint density at radius 2 is 2.29 bits per heavy atom. The molecule has 2 N–H and O–H groups in total. The number of hydrogen-bond donors (Lipinski definition) is 1. The summed E-state index contributed by atoms with van der Waals surface area (Å²) in [5.41, 5.74) is 1.83. The standard InChI is InChI=1S/C17H25N4O3/c1-3-5-16(7-9-18)20-12-22-14-24-15-23-13-21-10-8-17(6-4-2)19-11-21/h3,7-12,18H,1,4-6,13-15H2,2H3/q+1/p+1/b16-7-,18-9?,20-12?. The highest BCUT2D eigenvalue weighted by atomic mass is 16.7. The molecule has 0 radical (unpaired) electrons. The number of aryl methyl sites for hydroxylation is 1. The molecule has 1 heterocycles. The highest BCUT2D eigenvalue weighted by molar-refractivity contribution is 5.67. The lowest BCUT2D eigenvalue weighted by atomic mass is 10.2. The maximum Gasteiger partial charge on any atom is 0.288 e. The molecule has 130 valence electrons. The Labute approximate surface area is 142 Å². The summed E-state index contributed by atoms with van der Waals surface area (Å²) in [6.45, 7) is 6.30. The van der Waals surface area contributed by atoms with Crippen LogP contribution in [0.25, 0.3) is 0 Å².